The van der Waals surface area contributed by atoms with Crippen LogP contribution in [0.3, 0.4) is 0 Å². The minimum absolute atomic E-state index is 0.00996. The Hall–Kier alpha value is -3.36. The van der Waals surface area contributed by atoms with Crippen molar-refractivity contribution in [2.45, 2.75) is 58.7 Å². The molecule has 0 spiro atoms. The third kappa shape index (κ3) is 6.83. The molecular weight excluding hydrogens is 446 g/mol. The zero-order chi connectivity index (χ0) is 25.0. The zero-order valence-electron chi connectivity index (χ0n) is 21.0. The Morgan fingerprint density at radius 1 is 0.971 bits per heavy atom. The van der Waals surface area contributed by atoms with Crippen LogP contribution in [0.4, 0.5) is 16.3 Å². The van der Waals surface area contributed by atoms with E-state index in [2.05, 4.69) is 20.4 Å². The van der Waals surface area contributed by atoms with Crippen molar-refractivity contribution >= 4 is 23.5 Å². The smallest absolute Gasteiger partial charge is 0.410 e. The molecule has 9 heteroatoms. The van der Waals surface area contributed by atoms with Crippen molar-refractivity contribution in [3.63, 3.8) is 0 Å². The van der Waals surface area contributed by atoms with Gasteiger partial charge < -0.3 is 24.6 Å². The lowest BCUT2D eigenvalue weighted by atomic mass is 10.1. The third-order valence-electron chi connectivity index (χ3n) is 6.19. The molecular formula is C26H35N5O4. The maximum Gasteiger partial charge on any atom is 0.410 e. The number of nitrogens with zero attached hydrogens (tertiary/aromatic N) is 4. The molecule has 2 aliphatic rings. The highest BCUT2D eigenvalue weighted by molar-refractivity contribution is 5.93. The van der Waals surface area contributed by atoms with Crippen LogP contribution in [0, 0.1) is 12.8 Å². The Labute approximate surface area is 206 Å². The number of nitrogens with one attached hydrogen (secondary N) is 1. The van der Waals surface area contributed by atoms with Gasteiger partial charge in [0.15, 0.2) is 5.82 Å². The normalized spacial score (nSPS) is 18.9. The number of anilines is 2. The third-order valence-corrected chi connectivity index (χ3v) is 6.19. The van der Waals surface area contributed by atoms with Crippen LogP contribution in [-0.2, 0) is 9.53 Å². The maximum atomic E-state index is 12.8. The number of aromatic nitrogens is 2. The first-order valence-corrected chi connectivity index (χ1v) is 12.3. The second kappa shape index (κ2) is 10.5. The summed E-state index contributed by atoms with van der Waals surface area (Å²) in [5.74, 6) is 1.48. The van der Waals surface area contributed by atoms with Crippen LogP contribution in [-0.4, -0.2) is 65.0 Å². The maximum absolute atomic E-state index is 12.8. The number of benzene rings is 1. The first-order valence-electron chi connectivity index (χ1n) is 12.3. The van der Waals surface area contributed by atoms with Crippen LogP contribution >= 0.6 is 0 Å². The molecule has 1 aromatic carbocycles. The Bertz CT molecular complexity index is 1010. The highest BCUT2D eigenvalue weighted by Crippen LogP contribution is 2.25. The summed E-state index contributed by atoms with van der Waals surface area (Å²) in [6.45, 7) is 10.2. The summed E-state index contributed by atoms with van der Waals surface area (Å²) in [6.07, 6.45) is 2.06. The molecule has 4 rings (SSSR count). The van der Waals surface area contributed by atoms with Crippen LogP contribution in [0.1, 0.15) is 45.7 Å². The lowest BCUT2D eigenvalue weighted by Gasteiger charge is -2.33. The fraction of sp³-hybridized carbons (Fsp3) is 0.538. The molecule has 2 amide bonds. The molecule has 9 nitrogen and oxygen atoms in total. The molecule has 2 aromatic rings. The summed E-state index contributed by atoms with van der Waals surface area (Å²) in [4.78, 5) is 28.8. The average molecular weight is 482 g/mol. The lowest BCUT2D eigenvalue weighted by Crippen LogP contribution is -2.44. The lowest BCUT2D eigenvalue weighted by molar-refractivity contribution is -0.119. The monoisotopic (exact) mass is 481 g/mol. The summed E-state index contributed by atoms with van der Waals surface area (Å²) < 4.78 is 11.6. The van der Waals surface area contributed by atoms with Gasteiger partial charge in [0.25, 0.3) is 0 Å². The second-order valence-corrected chi connectivity index (χ2v) is 10.3. The number of amides is 2. The Balaban J connectivity index is 1.22. The van der Waals surface area contributed by atoms with Gasteiger partial charge in [0, 0.05) is 44.7 Å². The van der Waals surface area contributed by atoms with E-state index in [1.165, 1.54) is 0 Å². The zero-order valence-corrected chi connectivity index (χ0v) is 21.0. The van der Waals surface area contributed by atoms with Gasteiger partial charge in [-0.2, -0.15) is 5.10 Å². The highest BCUT2D eigenvalue weighted by Gasteiger charge is 2.30. The van der Waals surface area contributed by atoms with Gasteiger partial charge in [-0.15, -0.1) is 5.10 Å². The molecule has 1 atom stereocenters. The topological polar surface area (TPSA) is 96.9 Å². The van der Waals surface area contributed by atoms with Crippen molar-refractivity contribution in [1.82, 2.24) is 15.1 Å². The predicted octanol–water partition coefficient (Wildman–Crippen LogP) is 4.03. The van der Waals surface area contributed by atoms with Gasteiger partial charge >= 0.3 is 6.09 Å². The van der Waals surface area contributed by atoms with Crippen molar-refractivity contribution in [1.29, 1.82) is 0 Å². The Morgan fingerprint density at radius 2 is 1.69 bits per heavy atom. The number of piperidine rings is 1. The van der Waals surface area contributed by atoms with E-state index >= 15 is 0 Å². The molecule has 0 bridgehead atoms. The standard InChI is InChI=1S/C26H35N5O4/c1-18-5-10-23(29-28-18)31-14-11-19(17-31)24(32)27-20-6-8-21(9-7-20)34-22-12-15-30(16-13-22)25(33)35-26(2,3)4/h5-10,19,22H,11-17H2,1-4H3,(H,27,32)/t19-/m0/s1. The van der Waals surface area contributed by atoms with Gasteiger partial charge in [-0.3, -0.25) is 4.79 Å². The molecule has 0 radical (unpaired) electrons. The van der Waals surface area contributed by atoms with Crippen LogP contribution < -0.4 is 15.0 Å². The Kier molecular flexibility index (Phi) is 7.42. The molecule has 2 fully saturated rings. The molecule has 0 saturated carbocycles. The SMILES string of the molecule is Cc1ccc(N2CC[C@H](C(=O)Nc3ccc(OC4CCN(C(=O)OC(C)(C)C)CC4)cc3)C2)nn1. The molecule has 2 saturated heterocycles. The number of likely N-dealkylation sites (tertiary alicyclic amines) is 1. The molecule has 3 heterocycles. The van der Waals surface area contributed by atoms with Crippen LogP contribution in [0.5, 0.6) is 5.75 Å². The van der Waals surface area contributed by atoms with Crippen molar-refractivity contribution in [3.8, 4) is 5.75 Å². The minimum Gasteiger partial charge on any atom is -0.490 e. The molecule has 0 aliphatic carbocycles. The minimum atomic E-state index is -0.492. The molecule has 0 unspecified atom stereocenters. The van der Waals surface area contributed by atoms with Gasteiger partial charge in [-0.05, 0) is 70.5 Å². The number of hydrogen-bond acceptors (Lipinski definition) is 7. The number of aryl methyl sites for hydroxylation is 1. The van der Waals surface area contributed by atoms with E-state index in [9.17, 15) is 9.59 Å². The molecule has 2 aliphatic heterocycles. The van der Waals surface area contributed by atoms with E-state index < -0.39 is 5.60 Å². The summed E-state index contributed by atoms with van der Waals surface area (Å²) >= 11 is 0. The van der Waals surface area contributed by atoms with Gasteiger partial charge in [0.1, 0.15) is 17.5 Å². The average Bonchev–Trinajstić information content (AvgIpc) is 3.31. The van der Waals surface area contributed by atoms with Crippen molar-refractivity contribution < 1.29 is 19.1 Å². The largest absolute Gasteiger partial charge is 0.490 e. The second-order valence-electron chi connectivity index (χ2n) is 10.3. The molecule has 35 heavy (non-hydrogen) atoms. The fourth-order valence-corrected chi connectivity index (χ4v) is 4.28. The number of hydrogen-bond donors (Lipinski definition) is 1. The quantitative estimate of drug-likeness (QED) is 0.689. The molecule has 1 N–H and O–H groups in total. The van der Waals surface area contributed by atoms with Crippen LogP contribution in [0.15, 0.2) is 36.4 Å². The van der Waals surface area contributed by atoms with E-state index in [1.807, 2.05) is 64.1 Å². The predicted molar refractivity (Wildman–Crippen MR) is 134 cm³/mol. The van der Waals surface area contributed by atoms with E-state index in [0.29, 0.717) is 19.6 Å². The van der Waals surface area contributed by atoms with Gasteiger partial charge in [0.2, 0.25) is 5.91 Å². The van der Waals surface area contributed by atoms with E-state index in [4.69, 9.17) is 9.47 Å². The van der Waals surface area contributed by atoms with Crippen LogP contribution in [0.2, 0.25) is 0 Å². The first-order chi connectivity index (χ1) is 16.7. The summed E-state index contributed by atoms with van der Waals surface area (Å²) in [7, 11) is 0. The van der Waals surface area contributed by atoms with Crippen LogP contribution in [0.25, 0.3) is 0 Å². The number of ether oxygens (including phenoxy) is 2. The summed E-state index contributed by atoms with van der Waals surface area (Å²) in [6, 6.07) is 11.4. The number of rotatable bonds is 5. The van der Waals surface area contributed by atoms with Gasteiger partial charge in [0.05, 0.1) is 11.6 Å². The fourth-order valence-electron chi connectivity index (χ4n) is 4.28. The first kappa shape index (κ1) is 24.8. The highest BCUT2D eigenvalue weighted by atomic mass is 16.6. The number of carbonyl (C=O) groups excluding carboxylic acids is 2. The Morgan fingerprint density at radius 3 is 2.31 bits per heavy atom. The van der Waals surface area contributed by atoms with Gasteiger partial charge in [-0.1, -0.05) is 0 Å². The van der Waals surface area contributed by atoms with E-state index in [-0.39, 0.29) is 24.0 Å². The summed E-state index contributed by atoms with van der Waals surface area (Å²) in [5.41, 5.74) is 1.13. The summed E-state index contributed by atoms with van der Waals surface area (Å²) in [5, 5.41) is 11.4. The van der Waals surface area contributed by atoms with E-state index in [1.54, 1.807) is 4.90 Å². The molecule has 1 aromatic heterocycles. The number of carbonyl (C=O) groups is 2. The van der Waals surface area contributed by atoms with Crippen molar-refractivity contribution in [3.05, 3.63) is 42.1 Å². The van der Waals surface area contributed by atoms with E-state index in [0.717, 1.165) is 48.8 Å². The molecule has 188 valence electrons. The van der Waals surface area contributed by atoms with Crippen molar-refractivity contribution in [2.24, 2.45) is 5.92 Å². The van der Waals surface area contributed by atoms with Gasteiger partial charge in [-0.25, -0.2) is 4.79 Å². The van der Waals surface area contributed by atoms with Crippen molar-refractivity contribution in [2.75, 3.05) is 36.4 Å².